The van der Waals surface area contributed by atoms with Crippen molar-refractivity contribution in [3.63, 3.8) is 0 Å². The van der Waals surface area contributed by atoms with E-state index in [1.54, 1.807) is 0 Å². The van der Waals surface area contributed by atoms with Gasteiger partial charge in [0.15, 0.2) is 5.69 Å². The summed E-state index contributed by atoms with van der Waals surface area (Å²) >= 11 is 1.93. The second-order valence-electron chi connectivity index (χ2n) is 4.58. The topological polar surface area (TPSA) is 61.6 Å². The average molecular weight is 286 g/mol. The van der Waals surface area contributed by atoms with Gasteiger partial charge in [-0.3, -0.25) is 0 Å². The van der Waals surface area contributed by atoms with E-state index in [0.29, 0.717) is 11.7 Å². The summed E-state index contributed by atoms with van der Waals surface area (Å²) in [4.78, 5) is 0. The Hall–Kier alpha value is -1.80. The maximum atomic E-state index is 9.21. The van der Waals surface area contributed by atoms with Crippen molar-refractivity contribution in [1.82, 2.24) is 10.2 Å². The van der Waals surface area contributed by atoms with Gasteiger partial charge in [-0.2, -0.15) is 17.0 Å². The van der Waals surface area contributed by atoms with Gasteiger partial charge in [0.05, 0.1) is 11.2 Å². The molecule has 0 saturated heterocycles. The first-order chi connectivity index (χ1) is 9.76. The minimum absolute atomic E-state index is 0.300. The van der Waals surface area contributed by atoms with Crippen LogP contribution >= 0.6 is 11.8 Å². The van der Waals surface area contributed by atoms with Crippen LogP contribution in [0.15, 0.2) is 24.3 Å². The highest BCUT2D eigenvalue weighted by Crippen LogP contribution is 2.25. The predicted octanol–water partition coefficient (Wildman–Crippen LogP) is 3.45. The van der Waals surface area contributed by atoms with Crippen molar-refractivity contribution >= 4 is 28.4 Å². The summed E-state index contributed by atoms with van der Waals surface area (Å²) < 4.78 is 0. The van der Waals surface area contributed by atoms with Crippen molar-refractivity contribution in [2.75, 3.05) is 16.8 Å². The monoisotopic (exact) mass is 286 g/mol. The van der Waals surface area contributed by atoms with Gasteiger partial charge >= 0.3 is 0 Å². The second-order valence-corrected chi connectivity index (χ2v) is 5.98. The van der Waals surface area contributed by atoms with Crippen LogP contribution in [0.3, 0.4) is 0 Å². The fourth-order valence-electron chi connectivity index (χ4n) is 2.00. The Labute approximate surface area is 123 Å². The quantitative estimate of drug-likeness (QED) is 0.824. The summed E-state index contributed by atoms with van der Waals surface area (Å²) in [6.07, 6.45) is 1.06. The molecule has 20 heavy (non-hydrogen) atoms. The zero-order valence-electron chi connectivity index (χ0n) is 11.8. The zero-order valence-corrected chi connectivity index (χ0v) is 12.6. The highest BCUT2D eigenvalue weighted by atomic mass is 32.2. The molecule has 104 valence electrons. The first kappa shape index (κ1) is 14.6. The zero-order chi connectivity index (χ0) is 14.4. The molecule has 1 heterocycles. The summed E-state index contributed by atoms with van der Waals surface area (Å²) in [5, 5.41) is 21.7. The summed E-state index contributed by atoms with van der Waals surface area (Å²) in [7, 11) is 0. The molecule has 4 nitrogen and oxygen atoms in total. The van der Waals surface area contributed by atoms with E-state index in [1.165, 1.54) is 0 Å². The molecule has 0 aliphatic rings. The van der Waals surface area contributed by atoms with E-state index < -0.39 is 0 Å². The molecule has 5 heteroatoms. The van der Waals surface area contributed by atoms with Gasteiger partial charge < -0.3 is 5.32 Å². The van der Waals surface area contributed by atoms with Crippen LogP contribution < -0.4 is 5.32 Å². The maximum absolute atomic E-state index is 9.21. The van der Waals surface area contributed by atoms with Crippen LogP contribution in [-0.2, 0) is 0 Å². The van der Waals surface area contributed by atoms with Gasteiger partial charge in [-0.1, -0.05) is 25.1 Å². The summed E-state index contributed by atoms with van der Waals surface area (Å²) in [5.74, 6) is 2.25. The van der Waals surface area contributed by atoms with E-state index in [2.05, 4.69) is 35.4 Å². The van der Waals surface area contributed by atoms with Crippen molar-refractivity contribution in [2.24, 2.45) is 0 Å². The smallest absolute Gasteiger partial charge is 0.186 e. The standard InChI is InChI=1S/C15H18N4S/c1-3-20-9-8-11(2)17-15-12-6-4-5-7-13(12)18-19-14(15)10-16/h4-7,11H,3,8-9H2,1-2H3,(H,17,18). The van der Waals surface area contributed by atoms with Crippen molar-refractivity contribution in [1.29, 1.82) is 5.26 Å². The van der Waals surface area contributed by atoms with E-state index >= 15 is 0 Å². The molecule has 1 N–H and O–H groups in total. The summed E-state index contributed by atoms with van der Waals surface area (Å²) in [5.41, 5.74) is 1.97. The average Bonchev–Trinajstić information content (AvgIpc) is 2.48. The highest BCUT2D eigenvalue weighted by molar-refractivity contribution is 7.99. The highest BCUT2D eigenvalue weighted by Gasteiger charge is 2.12. The maximum Gasteiger partial charge on any atom is 0.186 e. The fraction of sp³-hybridized carbons (Fsp3) is 0.400. The third kappa shape index (κ3) is 3.40. The second kappa shape index (κ2) is 7.11. The normalized spacial score (nSPS) is 12.1. The fourth-order valence-corrected chi connectivity index (χ4v) is 2.81. The first-order valence-corrected chi connectivity index (χ1v) is 7.91. The Morgan fingerprint density at radius 2 is 2.15 bits per heavy atom. The molecule has 1 unspecified atom stereocenters. The molecule has 0 radical (unpaired) electrons. The number of benzene rings is 1. The first-order valence-electron chi connectivity index (χ1n) is 6.76. The van der Waals surface area contributed by atoms with E-state index in [0.717, 1.165) is 34.5 Å². The van der Waals surface area contributed by atoms with Crippen LogP contribution in [0.2, 0.25) is 0 Å². The predicted molar refractivity (Wildman–Crippen MR) is 85.0 cm³/mol. The lowest BCUT2D eigenvalue weighted by Gasteiger charge is -2.16. The van der Waals surface area contributed by atoms with Gasteiger partial charge in [0.25, 0.3) is 0 Å². The number of hydrogen-bond donors (Lipinski definition) is 1. The van der Waals surface area contributed by atoms with Gasteiger partial charge in [-0.05, 0) is 30.9 Å². The van der Waals surface area contributed by atoms with Crippen LogP contribution in [0, 0.1) is 11.3 Å². The van der Waals surface area contributed by atoms with Crippen LogP contribution in [0.1, 0.15) is 26.0 Å². The number of anilines is 1. The minimum Gasteiger partial charge on any atom is -0.380 e. The number of aromatic nitrogens is 2. The molecular weight excluding hydrogens is 268 g/mol. The number of hydrogen-bond acceptors (Lipinski definition) is 5. The van der Waals surface area contributed by atoms with E-state index in [-0.39, 0.29) is 0 Å². The van der Waals surface area contributed by atoms with Crippen LogP contribution in [0.4, 0.5) is 5.69 Å². The summed E-state index contributed by atoms with van der Waals surface area (Å²) in [6, 6.07) is 10.2. The van der Waals surface area contributed by atoms with Gasteiger partial charge in [-0.25, -0.2) is 0 Å². The van der Waals surface area contributed by atoms with Crippen molar-refractivity contribution in [2.45, 2.75) is 26.3 Å². The van der Waals surface area contributed by atoms with Gasteiger partial charge in [0.2, 0.25) is 0 Å². The molecular formula is C15H18N4S. The third-order valence-corrected chi connectivity index (χ3v) is 4.00. The molecule has 0 aliphatic heterocycles. The molecule has 2 rings (SSSR count). The summed E-state index contributed by atoms with van der Waals surface area (Å²) in [6.45, 7) is 4.30. The lowest BCUT2D eigenvalue weighted by atomic mass is 10.1. The minimum atomic E-state index is 0.300. The molecule has 1 aromatic carbocycles. The molecule has 2 aromatic rings. The number of thioether (sulfide) groups is 1. The molecule has 0 amide bonds. The van der Waals surface area contributed by atoms with Crippen molar-refractivity contribution in [3.05, 3.63) is 30.0 Å². The molecule has 1 aromatic heterocycles. The molecule has 0 fully saturated rings. The van der Waals surface area contributed by atoms with E-state index in [4.69, 9.17) is 0 Å². The van der Waals surface area contributed by atoms with Crippen molar-refractivity contribution < 1.29 is 0 Å². The Morgan fingerprint density at radius 3 is 2.90 bits per heavy atom. The number of nitriles is 1. The molecule has 0 spiro atoms. The van der Waals surface area contributed by atoms with Gasteiger partial charge in [0, 0.05) is 11.4 Å². The third-order valence-electron chi connectivity index (χ3n) is 3.06. The van der Waals surface area contributed by atoms with Crippen LogP contribution in [0.25, 0.3) is 10.9 Å². The van der Waals surface area contributed by atoms with Crippen LogP contribution in [0.5, 0.6) is 0 Å². The number of nitrogens with zero attached hydrogens (tertiary/aromatic N) is 3. The lowest BCUT2D eigenvalue weighted by molar-refractivity contribution is 0.770. The van der Waals surface area contributed by atoms with Crippen LogP contribution in [-0.4, -0.2) is 27.7 Å². The molecule has 0 bridgehead atoms. The number of fused-ring (bicyclic) bond motifs is 1. The number of rotatable bonds is 6. The molecule has 0 aliphatic carbocycles. The Bertz CT molecular complexity index is 621. The number of nitrogens with one attached hydrogen (secondary N) is 1. The SMILES string of the molecule is CCSCCC(C)Nc1c(C#N)nnc2ccccc12. The Morgan fingerprint density at radius 1 is 1.35 bits per heavy atom. The van der Waals surface area contributed by atoms with Crippen molar-refractivity contribution in [3.8, 4) is 6.07 Å². The lowest BCUT2D eigenvalue weighted by Crippen LogP contribution is -2.17. The van der Waals surface area contributed by atoms with E-state index in [1.807, 2.05) is 36.0 Å². The van der Waals surface area contributed by atoms with Gasteiger partial charge in [-0.15, -0.1) is 10.2 Å². The largest absolute Gasteiger partial charge is 0.380 e. The van der Waals surface area contributed by atoms with Gasteiger partial charge in [0.1, 0.15) is 6.07 Å². The molecule has 0 saturated carbocycles. The Kier molecular flexibility index (Phi) is 5.19. The van der Waals surface area contributed by atoms with E-state index in [9.17, 15) is 5.26 Å². The Balaban J connectivity index is 2.25. The molecule has 1 atom stereocenters.